The molecular formula is C12H23N. The van der Waals surface area contributed by atoms with Crippen LogP contribution in [0.5, 0.6) is 0 Å². The van der Waals surface area contributed by atoms with E-state index in [4.69, 9.17) is 0 Å². The molecule has 76 valence electrons. The van der Waals surface area contributed by atoms with Gasteiger partial charge in [0.1, 0.15) is 0 Å². The standard InChI is InChI=1S/C12H23N/c1-6-9-10-11(13-8-3)12(4,5)7-2/h11,13H,7-8,10H2,1-5H3. The quantitative estimate of drug-likeness (QED) is 0.643. The van der Waals surface area contributed by atoms with Crippen LogP contribution in [0.4, 0.5) is 0 Å². The zero-order chi connectivity index (χ0) is 10.3. The molecule has 0 spiro atoms. The molecule has 0 aromatic carbocycles. The minimum absolute atomic E-state index is 0.347. The zero-order valence-electron chi connectivity index (χ0n) is 9.70. The molecule has 0 aliphatic heterocycles. The van der Waals surface area contributed by atoms with Gasteiger partial charge in [0, 0.05) is 12.5 Å². The van der Waals surface area contributed by atoms with Crippen molar-refractivity contribution in [1.29, 1.82) is 0 Å². The van der Waals surface area contributed by atoms with E-state index < -0.39 is 0 Å². The summed E-state index contributed by atoms with van der Waals surface area (Å²) in [6.45, 7) is 11.9. The number of hydrogen-bond acceptors (Lipinski definition) is 1. The minimum atomic E-state index is 0.347. The van der Waals surface area contributed by atoms with E-state index in [-0.39, 0.29) is 0 Å². The van der Waals surface area contributed by atoms with E-state index in [0.29, 0.717) is 11.5 Å². The van der Waals surface area contributed by atoms with Crippen LogP contribution in [0.1, 0.15) is 47.5 Å². The molecule has 0 fully saturated rings. The van der Waals surface area contributed by atoms with E-state index in [1.807, 2.05) is 6.92 Å². The van der Waals surface area contributed by atoms with E-state index in [1.165, 1.54) is 6.42 Å². The highest BCUT2D eigenvalue weighted by atomic mass is 14.9. The maximum absolute atomic E-state index is 3.51. The van der Waals surface area contributed by atoms with Crippen LogP contribution in [-0.2, 0) is 0 Å². The summed E-state index contributed by atoms with van der Waals surface area (Å²) in [5, 5.41) is 3.51. The molecule has 13 heavy (non-hydrogen) atoms. The monoisotopic (exact) mass is 181 g/mol. The Kier molecular flexibility index (Phi) is 5.82. The summed E-state index contributed by atoms with van der Waals surface area (Å²) in [7, 11) is 0. The Balaban J connectivity index is 4.27. The first-order chi connectivity index (χ1) is 6.08. The second-order valence-electron chi connectivity index (χ2n) is 4.08. The third kappa shape index (κ3) is 4.33. The van der Waals surface area contributed by atoms with Gasteiger partial charge < -0.3 is 5.32 Å². The van der Waals surface area contributed by atoms with E-state index >= 15 is 0 Å². The molecule has 0 aliphatic carbocycles. The van der Waals surface area contributed by atoms with Gasteiger partial charge in [-0.25, -0.2) is 0 Å². The molecule has 1 N–H and O–H groups in total. The highest BCUT2D eigenvalue weighted by molar-refractivity contribution is 5.01. The fourth-order valence-electron chi connectivity index (χ4n) is 1.32. The number of nitrogens with one attached hydrogen (secondary N) is 1. The third-order valence-corrected chi connectivity index (χ3v) is 2.79. The van der Waals surface area contributed by atoms with Gasteiger partial charge in [0.2, 0.25) is 0 Å². The highest BCUT2D eigenvalue weighted by Gasteiger charge is 2.25. The van der Waals surface area contributed by atoms with Crippen molar-refractivity contribution in [2.75, 3.05) is 6.54 Å². The fourth-order valence-corrected chi connectivity index (χ4v) is 1.32. The largest absolute Gasteiger partial charge is 0.313 e. The van der Waals surface area contributed by atoms with Crippen molar-refractivity contribution < 1.29 is 0 Å². The molecule has 0 aliphatic rings. The summed E-state index contributed by atoms with van der Waals surface area (Å²) in [6, 6.07) is 0.523. The molecule has 0 heterocycles. The summed E-state index contributed by atoms with van der Waals surface area (Å²) in [5.74, 6) is 6.12. The van der Waals surface area contributed by atoms with Crippen molar-refractivity contribution in [3.05, 3.63) is 0 Å². The van der Waals surface area contributed by atoms with Crippen LogP contribution >= 0.6 is 0 Å². The van der Waals surface area contributed by atoms with Gasteiger partial charge >= 0.3 is 0 Å². The normalized spacial score (nSPS) is 13.3. The molecule has 0 bridgehead atoms. The average molecular weight is 181 g/mol. The fraction of sp³-hybridized carbons (Fsp3) is 0.833. The van der Waals surface area contributed by atoms with Crippen LogP contribution in [0, 0.1) is 17.3 Å². The average Bonchev–Trinajstić information content (AvgIpc) is 2.12. The molecule has 0 radical (unpaired) electrons. The first-order valence-electron chi connectivity index (χ1n) is 5.21. The molecular weight excluding hydrogens is 158 g/mol. The van der Waals surface area contributed by atoms with Crippen LogP contribution in [0.15, 0.2) is 0 Å². The van der Waals surface area contributed by atoms with Crippen molar-refractivity contribution in [3.63, 3.8) is 0 Å². The summed E-state index contributed by atoms with van der Waals surface area (Å²) in [4.78, 5) is 0. The van der Waals surface area contributed by atoms with Crippen molar-refractivity contribution in [1.82, 2.24) is 5.32 Å². The molecule has 1 heteroatoms. The predicted octanol–water partition coefficient (Wildman–Crippen LogP) is 2.81. The molecule has 1 unspecified atom stereocenters. The lowest BCUT2D eigenvalue weighted by Crippen LogP contribution is -2.41. The Bertz CT molecular complexity index is 183. The van der Waals surface area contributed by atoms with Gasteiger partial charge in [-0.1, -0.05) is 27.7 Å². The number of rotatable bonds is 5. The molecule has 1 atom stereocenters. The summed E-state index contributed by atoms with van der Waals surface area (Å²) < 4.78 is 0. The Morgan fingerprint density at radius 2 is 1.92 bits per heavy atom. The summed E-state index contributed by atoms with van der Waals surface area (Å²) in [5.41, 5.74) is 0.347. The van der Waals surface area contributed by atoms with Crippen molar-refractivity contribution >= 4 is 0 Å². The van der Waals surface area contributed by atoms with Gasteiger partial charge in [-0.05, 0) is 25.3 Å². The van der Waals surface area contributed by atoms with Crippen molar-refractivity contribution in [2.45, 2.75) is 53.5 Å². The van der Waals surface area contributed by atoms with E-state index in [1.54, 1.807) is 0 Å². The van der Waals surface area contributed by atoms with Crippen molar-refractivity contribution in [3.8, 4) is 11.8 Å². The van der Waals surface area contributed by atoms with Gasteiger partial charge in [-0.3, -0.25) is 0 Å². The Labute approximate surface area is 83.3 Å². The molecule has 0 aromatic rings. The Morgan fingerprint density at radius 3 is 2.31 bits per heavy atom. The van der Waals surface area contributed by atoms with Crippen LogP contribution in [0.3, 0.4) is 0 Å². The summed E-state index contributed by atoms with van der Waals surface area (Å²) >= 11 is 0. The molecule has 1 nitrogen and oxygen atoms in total. The highest BCUT2D eigenvalue weighted by Crippen LogP contribution is 2.26. The van der Waals surface area contributed by atoms with Gasteiger partial charge in [0.05, 0.1) is 0 Å². The lowest BCUT2D eigenvalue weighted by molar-refractivity contribution is 0.237. The first-order valence-corrected chi connectivity index (χ1v) is 5.21. The van der Waals surface area contributed by atoms with Gasteiger partial charge in [-0.2, -0.15) is 0 Å². The number of hydrogen-bond donors (Lipinski definition) is 1. The lowest BCUT2D eigenvalue weighted by Gasteiger charge is -2.32. The van der Waals surface area contributed by atoms with E-state index in [0.717, 1.165) is 13.0 Å². The second-order valence-corrected chi connectivity index (χ2v) is 4.08. The van der Waals surface area contributed by atoms with Gasteiger partial charge in [-0.15, -0.1) is 11.8 Å². The lowest BCUT2D eigenvalue weighted by atomic mass is 9.80. The summed E-state index contributed by atoms with van der Waals surface area (Å²) in [6.07, 6.45) is 2.15. The maximum Gasteiger partial charge on any atom is 0.0248 e. The predicted molar refractivity (Wildman–Crippen MR) is 59.6 cm³/mol. The van der Waals surface area contributed by atoms with Crippen LogP contribution < -0.4 is 5.32 Å². The van der Waals surface area contributed by atoms with Crippen molar-refractivity contribution in [2.24, 2.45) is 5.41 Å². The van der Waals surface area contributed by atoms with Crippen LogP contribution in [0.25, 0.3) is 0 Å². The van der Waals surface area contributed by atoms with Crippen LogP contribution in [0.2, 0.25) is 0 Å². The van der Waals surface area contributed by atoms with E-state index in [9.17, 15) is 0 Å². The molecule has 0 saturated heterocycles. The minimum Gasteiger partial charge on any atom is -0.313 e. The molecule has 0 aromatic heterocycles. The molecule has 0 saturated carbocycles. The Hall–Kier alpha value is -0.480. The molecule has 0 rings (SSSR count). The van der Waals surface area contributed by atoms with Crippen LogP contribution in [-0.4, -0.2) is 12.6 Å². The maximum atomic E-state index is 3.51. The topological polar surface area (TPSA) is 12.0 Å². The zero-order valence-corrected chi connectivity index (χ0v) is 9.70. The Morgan fingerprint density at radius 1 is 1.31 bits per heavy atom. The van der Waals surface area contributed by atoms with Gasteiger partial charge in [0.15, 0.2) is 0 Å². The second kappa shape index (κ2) is 6.05. The first kappa shape index (κ1) is 12.5. The smallest absolute Gasteiger partial charge is 0.0248 e. The van der Waals surface area contributed by atoms with Gasteiger partial charge in [0.25, 0.3) is 0 Å². The third-order valence-electron chi connectivity index (χ3n) is 2.79. The van der Waals surface area contributed by atoms with E-state index in [2.05, 4.69) is 44.9 Å². The molecule has 0 amide bonds. The SMILES string of the molecule is CC#CCC(NCC)C(C)(C)CC.